The molecule has 1 aromatic heterocycles. The lowest BCUT2D eigenvalue weighted by molar-refractivity contribution is 0.416. The van der Waals surface area contributed by atoms with Crippen LogP contribution in [-0.4, -0.2) is 17.1 Å². The number of rotatable bonds is 2. The van der Waals surface area contributed by atoms with Crippen molar-refractivity contribution in [1.29, 1.82) is 0 Å². The summed E-state index contributed by atoms with van der Waals surface area (Å²) in [6.45, 7) is 6.25. The topological polar surface area (TPSA) is 61.0 Å². The predicted molar refractivity (Wildman–Crippen MR) is 92.5 cm³/mol. The number of nitrogen functional groups attached to an aromatic ring is 1. The van der Waals surface area contributed by atoms with E-state index < -0.39 is 0 Å². The van der Waals surface area contributed by atoms with Gasteiger partial charge in [-0.25, -0.2) is 9.97 Å². The first-order valence-corrected chi connectivity index (χ1v) is 8.00. The van der Waals surface area contributed by atoms with Crippen LogP contribution in [0.25, 0.3) is 11.4 Å². The summed E-state index contributed by atoms with van der Waals surface area (Å²) in [4.78, 5) is 9.07. The maximum atomic E-state index is 6.03. The van der Waals surface area contributed by atoms with E-state index >= 15 is 0 Å². The van der Waals surface area contributed by atoms with E-state index in [1.807, 2.05) is 18.2 Å². The monoisotopic (exact) mass is 413 g/mol. The molecule has 1 heterocycles. The van der Waals surface area contributed by atoms with Gasteiger partial charge in [0.05, 0.1) is 22.8 Å². The maximum absolute atomic E-state index is 6.03. The molecule has 21 heavy (non-hydrogen) atoms. The number of nitrogens with two attached hydrogens (primary N) is 1. The second kappa shape index (κ2) is 5.93. The Morgan fingerprint density at radius 2 is 1.81 bits per heavy atom. The number of benzene rings is 1. The molecule has 0 aliphatic rings. The lowest BCUT2D eigenvalue weighted by Gasteiger charge is -2.21. The molecule has 4 nitrogen and oxygen atoms in total. The van der Waals surface area contributed by atoms with Gasteiger partial charge in [-0.3, -0.25) is 0 Å². The van der Waals surface area contributed by atoms with Crippen molar-refractivity contribution in [1.82, 2.24) is 9.97 Å². The van der Waals surface area contributed by atoms with E-state index in [2.05, 4.69) is 62.6 Å². The largest absolute Gasteiger partial charge is 0.496 e. The molecule has 2 N–H and O–H groups in total. The summed E-state index contributed by atoms with van der Waals surface area (Å²) in [5.74, 6) is 1.69. The number of hydrogen-bond acceptors (Lipinski definition) is 4. The third kappa shape index (κ3) is 3.37. The molecule has 0 amide bonds. The van der Waals surface area contributed by atoms with Crippen LogP contribution in [0, 0.1) is 0 Å². The van der Waals surface area contributed by atoms with Crippen LogP contribution in [0.2, 0.25) is 0 Å². The Balaban J connectivity index is 2.71. The third-order valence-corrected chi connectivity index (χ3v) is 4.26. The molecule has 1 aromatic carbocycles. The molecule has 0 saturated heterocycles. The minimum absolute atomic E-state index is 0.149. The molecular weight excluding hydrogens is 398 g/mol. The highest BCUT2D eigenvalue weighted by atomic mass is 79.9. The van der Waals surface area contributed by atoms with Crippen LogP contribution in [0.4, 0.5) is 5.82 Å². The zero-order chi connectivity index (χ0) is 15.8. The van der Waals surface area contributed by atoms with Crippen LogP contribution in [0.15, 0.2) is 27.1 Å². The van der Waals surface area contributed by atoms with Gasteiger partial charge >= 0.3 is 0 Å². The summed E-state index contributed by atoms with van der Waals surface area (Å²) in [5, 5.41) is 0. The number of nitrogens with zero attached hydrogens (tertiary/aromatic N) is 2. The minimum atomic E-state index is -0.149. The first-order chi connectivity index (χ1) is 9.74. The van der Waals surface area contributed by atoms with Crippen LogP contribution in [0.1, 0.15) is 26.5 Å². The highest BCUT2D eigenvalue weighted by Gasteiger charge is 2.23. The number of halogens is 2. The Labute approximate surface area is 141 Å². The van der Waals surface area contributed by atoms with Crippen molar-refractivity contribution in [2.24, 2.45) is 0 Å². The minimum Gasteiger partial charge on any atom is -0.496 e. The fourth-order valence-electron chi connectivity index (χ4n) is 1.94. The summed E-state index contributed by atoms with van der Waals surface area (Å²) >= 11 is 6.94. The second-order valence-electron chi connectivity index (χ2n) is 5.69. The molecule has 0 aliphatic carbocycles. The molecule has 0 radical (unpaired) electrons. The van der Waals surface area contributed by atoms with E-state index in [4.69, 9.17) is 10.5 Å². The van der Waals surface area contributed by atoms with E-state index in [-0.39, 0.29) is 5.41 Å². The average Bonchev–Trinajstić information content (AvgIpc) is 2.40. The van der Waals surface area contributed by atoms with Gasteiger partial charge in [-0.1, -0.05) is 36.7 Å². The number of methoxy groups -OCH3 is 1. The lowest BCUT2D eigenvalue weighted by atomic mass is 9.91. The maximum Gasteiger partial charge on any atom is 0.165 e. The second-order valence-corrected chi connectivity index (χ2v) is 7.40. The number of aromatic nitrogens is 2. The Morgan fingerprint density at radius 3 is 2.38 bits per heavy atom. The third-order valence-electron chi connectivity index (χ3n) is 2.99. The fraction of sp³-hybridized carbons (Fsp3) is 0.333. The van der Waals surface area contributed by atoms with Crippen molar-refractivity contribution in [3.05, 3.63) is 32.8 Å². The summed E-state index contributed by atoms with van der Waals surface area (Å²) in [7, 11) is 1.62. The molecule has 0 aliphatic heterocycles. The van der Waals surface area contributed by atoms with Crippen LogP contribution in [-0.2, 0) is 5.41 Å². The molecule has 0 bridgehead atoms. The molecule has 2 rings (SSSR count). The highest BCUT2D eigenvalue weighted by molar-refractivity contribution is 9.11. The molecule has 6 heteroatoms. The van der Waals surface area contributed by atoms with Crippen LogP contribution in [0.3, 0.4) is 0 Å². The number of anilines is 1. The van der Waals surface area contributed by atoms with Crippen LogP contribution >= 0.6 is 31.9 Å². The molecule has 0 atom stereocenters. The molecule has 0 unspecified atom stereocenters. The zero-order valence-electron chi connectivity index (χ0n) is 12.4. The lowest BCUT2D eigenvalue weighted by Crippen LogP contribution is -2.17. The predicted octanol–water partition coefficient (Wildman–Crippen LogP) is 4.56. The Bertz CT molecular complexity index is 681. The van der Waals surface area contributed by atoms with Crippen molar-refractivity contribution in [2.45, 2.75) is 26.2 Å². The molecule has 0 spiro atoms. The SMILES string of the molecule is COc1ccc(Br)cc1-c1nc(N)c(Br)c(C(C)(C)C)n1. The van der Waals surface area contributed by atoms with Gasteiger partial charge in [0.2, 0.25) is 0 Å². The van der Waals surface area contributed by atoms with Gasteiger partial charge in [-0.15, -0.1) is 0 Å². The quantitative estimate of drug-likeness (QED) is 0.782. The highest BCUT2D eigenvalue weighted by Crippen LogP contribution is 2.36. The molecule has 112 valence electrons. The summed E-state index contributed by atoms with van der Waals surface area (Å²) in [6, 6.07) is 5.71. The molecular formula is C15H17Br2N3O. The Morgan fingerprint density at radius 1 is 1.14 bits per heavy atom. The van der Waals surface area contributed by atoms with E-state index in [0.717, 1.165) is 20.2 Å². The smallest absolute Gasteiger partial charge is 0.165 e. The number of hydrogen-bond donors (Lipinski definition) is 1. The summed E-state index contributed by atoms with van der Waals surface area (Å²) in [5.41, 5.74) is 7.56. The fourth-order valence-corrected chi connectivity index (χ4v) is 3.07. The first kappa shape index (κ1) is 16.2. The summed E-state index contributed by atoms with van der Waals surface area (Å²) in [6.07, 6.45) is 0. The molecule has 2 aromatic rings. The van der Waals surface area contributed by atoms with E-state index in [1.165, 1.54) is 0 Å². The van der Waals surface area contributed by atoms with E-state index in [1.54, 1.807) is 7.11 Å². The van der Waals surface area contributed by atoms with Gasteiger partial charge in [0.25, 0.3) is 0 Å². The Hall–Kier alpha value is -1.14. The first-order valence-electron chi connectivity index (χ1n) is 6.41. The molecule has 0 fully saturated rings. The number of ether oxygens (including phenoxy) is 1. The Kier molecular flexibility index (Phi) is 4.58. The van der Waals surface area contributed by atoms with Gasteiger partial charge in [-0.2, -0.15) is 0 Å². The van der Waals surface area contributed by atoms with E-state index in [9.17, 15) is 0 Å². The van der Waals surface area contributed by atoms with Crippen LogP contribution < -0.4 is 10.5 Å². The van der Waals surface area contributed by atoms with Gasteiger partial charge in [-0.05, 0) is 34.1 Å². The van der Waals surface area contributed by atoms with Crippen molar-refractivity contribution in [2.75, 3.05) is 12.8 Å². The van der Waals surface area contributed by atoms with Crippen molar-refractivity contribution < 1.29 is 4.74 Å². The molecule has 0 saturated carbocycles. The van der Waals surface area contributed by atoms with Gasteiger partial charge in [0, 0.05) is 9.89 Å². The van der Waals surface area contributed by atoms with E-state index in [0.29, 0.717) is 17.4 Å². The van der Waals surface area contributed by atoms with Crippen LogP contribution in [0.5, 0.6) is 5.75 Å². The van der Waals surface area contributed by atoms with Crippen molar-refractivity contribution in [3.8, 4) is 17.1 Å². The normalized spacial score (nSPS) is 11.5. The van der Waals surface area contributed by atoms with Gasteiger partial charge in [0.15, 0.2) is 5.82 Å². The zero-order valence-corrected chi connectivity index (χ0v) is 15.5. The van der Waals surface area contributed by atoms with Crippen molar-refractivity contribution >= 4 is 37.7 Å². The summed E-state index contributed by atoms with van der Waals surface area (Å²) < 4.78 is 7.07. The van der Waals surface area contributed by atoms with Crippen molar-refractivity contribution in [3.63, 3.8) is 0 Å². The van der Waals surface area contributed by atoms with Gasteiger partial charge < -0.3 is 10.5 Å². The average molecular weight is 415 g/mol. The van der Waals surface area contributed by atoms with Gasteiger partial charge in [0.1, 0.15) is 11.6 Å². The standard InChI is InChI=1S/C15H17Br2N3O/c1-15(2,3)12-11(17)13(18)20-14(19-12)9-7-8(16)5-6-10(9)21-4/h5-7H,1-4H3,(H2,18,19,20).